The Morgan fingerprint density at radius 1 is 1.28 bits per heavy atom. The normalized spacial score (nSPS) is 14.8. The van der Waals surface area contributed by atoms with Crippen LogP contribution in [0.1, 0.15) is 11.3 Å². The number of halogens is 2. The molecule has 0 atom stereocenters. The van der Waals surface area contributed by atoms with Gasteiger partial charge in [-0.3, -0.25) is 14.7 Å². The Bertz CT molecular complexity index is 749. The number of carbonyl (C=O) groups is 1. The van der Waals surface area contributed by atoms with Gasteiger partial charge < -0.3 is 10.1 Å². The first-order chi connectivity index (χ1) is 12.0. The molecule has 1 aliphatic heterocycles. The molecule has 0 bridgehead atoms. The van der Waals surface area contributed by atoms with Crippen molar-refractivity contribution >= 4 is 29.1 Å². The van der Waals surface area contributed by atoms with Crippen LogP contribution in [0.2, 0.25) is 10.0 Å². The molecule has 25 heavy (non-hydrogen) atoms. The second-order valence-corrected chi connectivity index (χ2v) is 6.70. The molecule has 1 aromatic heterocycles. The molecule has 0 unspecified atom stereocenters. The van der Waals surface area contributed by atoms with Gasteiger partial charge >= 0.3 is 0 Å². The quantitative estimate of drug-likeness (QED) is 0.833. The first-order valence-corrected chi connectivity index (χ1v) is 8.62. The van der Waals surface area contributed by atoms with Crippen LogP contribution in [0.25, 0.3) is 0 Å². The van der Waals surface area contributed by atoms with Crippen LogP contribution in [0, 0.1) is 5.92 Å². The van der Waals surface area contributed by atoms with Crippen LogP contribution in [0.3, 0.4) is 0 Å². The van der Waals surface area contributed by atoms with Crippen LogP contribution in [-0.4, -0.2) is 40.9 Å². The second-order valence-electron chi connectivity index (χ2n) is 5.89. The number of likely N-dealkylation sites (tertiary alicyclic amines) is 1. The standard InChI is InChI=1S/C17H18Cl2N4O2/c1-20-17(24)12-7-23(8-12)9-13-5-22-16(6-21-13)25-10-11-2-3-14(18)15(19)4-11/h2-6,12H,7-10H2,1H3,(H,20,24). The highest BCUT2D eigenvalue weighted by molar-refractivity contribution is 6.42. The fourth-order valence-electron chi connectivity index (χ4n) is 2.58. The minimum absolute atomic E-state index is 0.0757. The molecule has 1 amide bonds. The van der Waals surface area contributed by atoms with Crippen molar-refractivity contribution < 1.29 is 9.53 Å². The summed E-state index contributed by atoms with van der Waals surface area (Å²) in [4.78, 5) is 22.2. The molecule has 1 N–H and O–H groups in total. The van der Waals surface area contributed by atoms with E-state index >= 15 is 0 Å². The van der Waals surface area contributed by atoms with E-state index in [1.165, 1.54) is 0 Å². The Kier molecular flexibility index (Phi) is 5.73. The fourth-order valence-corrected chi connectivity index (χ4v) is 2.90. The van der Waals surface area contributed by atoms with Crippen LogP contribution < -0.4 is 10.1 Å². The van der Waals surface area contributed by atoms with Gasteiger partial charge in [-0.25, -0.2) is 4.98 Å². The maximum absolute atomic E-state index is 11.5. The largest absolute Gasteiger partial charge is 0.472 e. The average molecular weight is 381 g/mol. The van der Waals surface area contributed by atoms with E-state index < -0.39 is 0 Å². The molecule has 0 radical (unpaired) electrons. The number of ether oxygens (including phenoxy) is 1. The summed E-state index contributed by atoms with van der Waals surface area (Å²) < 4.78 is 5.61. The summed E-state index contributed by atoms with van der Waals surface area (Å²) in [7, 11) is 1.66. The maximum Gasteiger partial charge on any atom is 0.232 e. The molecular formula is C17H18Cl2N4O2. The van der Waals surface area contributed by atoms with Crippen molar-refractivity contribution in [3.63, 3.8) is 0 Å². The van der Waals surface area contributed by atoms with Gasteiger partial charge in [-0.1, -0.05) is 29.3 Å². The van der Waals surface area contributed by atoms with Gasteiger partial charge in [-0.15, -0.1) is 0 Å². The number of hydrogen-bond acceptors (Lipinski definition) is 5. The molecule has 1 aliphatic rings. The van der Waals surface area contributed by atoms with Gasteiger partial charge in [0.25, 0.3) is 0 Å². The molecule has 0 aliphatic carbocycles. The first-order valence-electron chi connectivity index (χ1n) is 7.86. The topological polar surface area (TPSA) is 67.4 Å². The van der Waals surface area contributed by atoms with Crippen LogP contribution >= 0.6 is 23.2 Å². The molecular weight excluding hydrogens is 363 g/mol. The molecule has 132 valence electrons. The lowest BCUT2D eigenvalue weighted by Crippen LogP contribution is -2.52. The maximum atomic E-state index is 11.5. The van der Waals surface area contributed by atoms with Crippen LogP contribution in [0.4, 0.5) is 0 Å². The van der Waals surface area contributed by atoms with E-state index in [9.17, 15) is 4.79 Å². The SMILES string of the molecule is CNC(=O)C1CN(Cc2cnc(OCc3ccc(Cl)c(Cl)c3)cn2)C1. The Labute approximate surface area is 156 Å². The van der Waals surface area contributed by atoms with Crippen molar-refractivity contribution in [3.8, 4) is 5.88 Å². The lowest BCUT2D eigenvalue weighted by Gasteiger charge is -2.37. The Hall–Kier alpha value is -1.89. The molecule has 0 spiro atoms. The van der Waals surface area contributed by atoms with Gasteiger partial charge in [0.15, 0.2) is 0 Å². The fraction of sp³-hybridized carbons (Fsp3) is 0.353. The summed E-state index contributed by atoms with van der Waals surface area (Å²) >= 11 is 11.9. The molecule has 3 rings (SSSR count). The number of nitrogens with zero attached hydrogens (tertiary/aromatic N) is 3. The molecule has 8 heteroatoms. The van der Waals surface area contributed by atoms with E-state index in [1.807, 2.05) is 6.07 Å². The zero-order valence-corrected chi connectivity index (χ0v) is 15.2. The predicted octanol–water partition coefficient (Wildman–Crippen LogP) is 2.54. The van der Waals surface area contributed by atoms with Crippen molar-refractivity contribution in [2.75, 3.05) is 20.1 Å². The number of amides is 1. The average Bonchev–Trinajstić information content (AvgIpc) is 2.59. The molecule has 2 aromatic rings. The highest BCUT2D eigenvalue weighted by atomic mass is 35.5. The second kappa shape index (κ2) is 7.99. The van der Waals surface area contributed by atoms with E-state index in [2.05, 4.69) is 20.2 Å². The van der Waals surface area contributed by atoms with E-state index in [0.717, 1.165) is 24.3 Å². The minimum atomic E-state index is 0.0757. The molecule has 1 aromatic carbocycles. The first kappa shape index (κ1) is 17.9. The summed E-state index contributed by atoms with van der Waals surface area (Å²) in [6.45, 7) is 2.51. The number of nitrogens with one attached hydrogen (secondary N) is 1. The number of hydrogen-bond donors (Lipinski definition) is 1. The molecule has 1 saturated heterocycles. The summed E-state index contributed by atoms with van der Waals surface area (Å²) in [5, 5.41) is 3.67. The van der Waals surface area contributed by atoms with Crippen LogP contribution in [-0.2, 0) is 17.9 Å². The highest BCUT2D eigenvalue weighted by Crippen LogP contribution is 2.23. The highest BCUT2D eigenvalue weighted by Gasteiger charge is 2.31. The van der Waals surface area contributed by atoms with Gasteiger partial charge in [-0.05, 0) is 17.7 Å². The van der Waals surface area contributed by atoms with Crippen LogP contribution in [0.5, 0.6) is 5.88 Å². The van der Waals surface area contributed by atoms with Crippen molar-refractivity contribution in [2.24, 2.45) is 5.92 Å². The zero-order valence-electron chi connectivity index (χ0n) is 13.7. The van der Waals surface area contributed by atoms with Crippen LogP contribution in [0.15, 0.2) is 30.6 Å². The van der Waals surface area contributed by atoms with E-state index in [0.29, 0.717) is 29.1 Å². The summed E-state index contributed by atoms with van der Waals surface area (Å²) in [6.07, 6.45) is 3.29. The van der Waals surface area contributed by atoms with Crippen molar-refractivity contribution in [1.29, 1.82) is 0 Å². The summed E-state index contributed by atoms with van der Waals surface area (Å²) in [5.74, 6) is 0.613. The van der Waals surface area contributed by atoms with Gasteiger partial charge in [-0.2, -0.15) is 0 Å². The summed E-state index contributed by atoms with van der Waals surface area (Å²) in [6, 6.07) is 5.34. The van der Waals surface area contributed by atoms with E-state index in [4.69, 9.17) is 27.9 Å². The Morgan fingerprint density at radius 3 is 2.72 bits per heavy atom. The monoisotopic (exact) mass is 380 g/mol. The minimum Gasteiger partial charge on any atom is -0.472 e. The number of rotatable bonds is 6. The number of benzene rings is 1. The van der Waals surface area contributed by atoms with Crippen molar-refractivity contribution in [1.82, 2.24) is 20.2 Å². The number of carbonyl (C=O) groups excluding carboxylic acids is 1. The van der Waals surface area contributed by atoms with Gasteiger partial charge in [0.1, 0.15) is 6.61 Å². The molecule has 0 saturated carbocycles. The molecule has 6 nitrogen and oxygen atoms in total. The molecule has 2 heterocycles. The lowest BCUT2D eigenvalue weighted by atomic mass is 9.99. The lowest BCUT2D eigenvalue weighted by molar-refractivity contribution is -0.129. The van der Waals surface area contributed by atoms with Crippen molar-refractivity contribution in [3.05, 3.63) is 51.9 Å². The third-order valence-corrected chi connectivity index (χ3v) is 4.75. The van der Waals surface area contributed by atoms with E-state index in [-0.39, 0.29) is 11.8 Å². The van der Waals surface area contributed by atoms with Gasteiger partial charge in [0.2, 0.25) is 11.8 Å². The Morgan fingerprint density at radius 2 is 2.08 bits per heavy atom. The smallest absolute Gasteiger partial charge is 0.232 e. The third-order valence-electron chi connectivity index (χ3n) is 4.01. The molecule has 1 fully saturated rings. The van der Waals surface area contributed by atoms with Gasteiger partial charge in [0.05, 0.1) is 34.1 Å². The number of aromatic nitrogens is 2. The summed E-state index contributed by atoms with van der Waals surface area (Å²) in [5.41, 5.74) is 1.75. The predicted molar refractivity (Wildman–Crippen MR) is 95.7 cm³/mol. The van der Waals surface area contributed by atoms with E-state index in [1.54, 1.807) is 31.6 Å². The van der Waals surface area contributed by atoms with Crippen molar-refractivity contribution in [2.45, 2.75) is 13.2 Å². The van der Waals surface area contributed by atoms with Gasteiger partial charge in [0, 0.05) is 26.7 Å². The zero-order chi connectivity index (χ0) is 17.8. The Balaban J connectivity index is 1.47. The third kappa shape index (κ3) is 4.60.